The van der Waals surface area contributed by atoms with Gasteiger partial charge in [0, 0.05) is 57.1 Å². The first-order valence-electron chi connectivity index (χ1n) is 11.7. The highest BCUT2D eigenvalue weighted by molar-refractivity contribution is 5.97. The van der Waals surface area contributed by atoms with Crippen LogP contribution in [-0.4, -0.2) is 67.4 Å². The highest BCUT2D eigenvalue weighted by Crippen LogP contribution is 2.26. The number of amides is 2. The van der Waals surface area contributed by atoms with Gasteiger partial charge in [0.25, 0.3) is 0 Å². The van der Waals surface area contributed by atoms with Gasteiger partial charge in [0.1, 0.15) is 0 Å². The number of rotatable bonds is 7. The third kappa shape index (κ3) is 5.30. The van der Waals surface area contributed by atoms with Gasteiger partial charge in [0.15, 0.2) is 0 Å². The van der Waals surface area contributed by atoms with Crippen LogP contribution < -0.4 is 10.2 Å². The van der Waals surface area contributed by atoms with Crippen LogP contribution in [0.4, 0.5) is 11.4 Å². The van der Waals surface area contributed by atoms with Crippen molar-refractivity contribution < 1.29 is 9.59 Å². The van der Waals surface area contributed by atoms with Crippen molar-refractivity contribution >= 4 is 23.2 Å². The standard InChI is InChI=1S/C26H34N4O2/c1-3-28-13-15-29(16-14-28)23-9-10-24(20(2)17-23)27-26(32)22-18-25(31)30(19-22)12-11-21-7-5-4-6-8-21/h4-10,17,22H,3,11-16,18-19H2,1-2H3,(H,27,32)/t22-/m0/s1. The lowest BCUT2D eigenvalue weighted by atomic mass is 10.1. The van der Waals surface area contributed by atoms with Crippen LogP contribution in [0.2, 0.25) is 0 Å². The van der Waals surface area contributed by atoms with Crippen LogP contribution in [0, 0.1) is 12.8 Å². The summed E-state index contributed by atoms with van der Waals surface area (Å²) in [5.74, 6) is -0.285. The van der Waals surface area contributed by atoms with Crippen LogP contribution in [0.5, 0.6) is 0 Å². The lowest BCUT2D eigenvalue weighted by Gasteiger charge is -2.35. The second-order valence-electron chi connectivity index (χ2n) is 8.89. The number of hydrogen-bond acceptors (Lipinski definition) is 4. The number of benzene rings is 2. The number of nitrogens with zero attached hydrogens (tertiary/aromatic N) is 3. The highest BCUT2D eigenvalue weighted by atomic mass is 16.2. The Morgan fingerprint density at radius 1 is 1.06 bits per heavy atom. The van der Waals surface area contributed by atoms with Gasteiger partial charge in [0.05, 0.1) is 5.92 Å². The van der Waals surface area contributed by atoms with Gasteiger partial charge >= 0.3 is 0 Å². The van der Waals surface area contributed by atoms with Gasteiger partial charge in [-0.05, 0) is 49.2 Å². The van der Waals surface area contributed by atoms with E-state index in [1.54, 1.807) is 0 Å². The van der Waals surface area contributed by atoms with E-state index >= 15 is 0 Å². The van der Waals surface area contributed by atoms with Crippen molar-refractivity contribution in [3.8, 4) is 0 Å². The number of likely N-dealkylation sites (N-methyl/N-ethyl adjacent to an activating group) is 1. The van der Waals surface area contributed by atoms with E-state index in [0.29, 0.717) is 19.5 Å². The Morgan fingerprint density at radius 3 is 2.50 bits per heavy atom. The Morgan fingerprint density at radius 2 is 1.81 bits per heavy atom. The summed E-state index contributed by atoms with van der Waals surface area (Å²) in [4.78, 5) is 32.0. The summed E-state index contributed by atoms with van der Waals surface area (Å²) < 4.78 is 0. The monoisotopic (exact) mass is 434 g/mol. The lowest BCUT2D eigenvalue weighted by molar-refractivity contribution is -0.128. The molecule has 1 N–H and O–H groups in total. The van der Waals surface area contributed by atoms with Crippen molar-refractivity contribution in [3.63, 3.8) is 0 Å². The molecule has 0 saturated carbocycles. The zero-order chi connectivity index (χ0) is 22.5. The molecule has 4 rings (SSSR count). The molecule has 0 aromatic heterocycles. The van der Waals surface area contributed by atoms with Gasteiger partial charge in [0.2, 0.25) is 11.8 Å². The fourth-order valence-electron chi connectivity index (χ4n) is 4.61. The minimum Gasteiger partial charge on any atom is -0.369 e. The summed E-state index contributed by atoms with van der Waals surface area (Å²) in [7, 11) is 0. The summed E-state index contributed by atoms with van der Waals surface area (Å²) in [6.45, 7) is 10.7. The second kappa shape index (κ2) is 10.2. The molecule has 2 aliphatic heterocycles. The largest absolute Gasteiger partial charge is 0.369 e. The molecule has 2 heterocycles. The molecule has 0 unspecified atom stereocenters. The van der Waals surface area contributed by atoms with Crippen LogP contribution in [0.25, 0.3) is 0 Å². The van der Waals surface area contributed by atoms with Gasteiger partial charge in [-0.3, -0.25) is 9.59 Å². The smallest absolute Gasteiger partial charge is 0.229 e. The molecule has 6 nitrogen and oxygen atoms in total. The maximum Gasteiger partial charge on any atom is 0.229 e. The van der Waals surface area contributed by atoms with E-state index in [9.17, 15) is 9.59 Å². The molecule has 2 amide bonds. The fourth-order valence-corrected chi connectivity index (χ4v) is 4.61. The predicted molar refractivity (Wildman–Crippen MR) is 129 cm³/mol. The van der Waals surface area contributed by atoms with Crippen LogP contribution in [0.1, 0.15) is 24.5 Å². The van der Waals surface area contributed by atoms with E-state index in [2.05, 4.69) is 46.3 Å². The molecule has 2 aromatic carbocycles. The summed E-state index contributed by atoms with van der Waals surface area (Å²) >= 11 is 0. The van der Waals surface area contributed by atoms with Crippen LogP contribution in [0.3, 0.4) is 0 Å². The molecule has 2 aromatic rings. The van der Waals surface area contributed by atoms with E-state index in [1.807, 2.05) is 36.1 Å². The van der Waals surface area contributed by atoms with Gasteiger partial charge in [-0.25, -0.2) is 0 Å². The van der Waals surface area contributed by atoms with Crippen molar-refractivity contribution in [2.45, 2.75) is 26.7 Å². The Labute approximate surface area is 191 Å². The minimum atomic E-state index is -0.292. The Balaban J connectivity index is 1.31. The highest BCUT2D eigenvalue weighted by Gasteiger charge is 2.34. The summed E-state index contributed by atoms with van der Waals surface area (Å²) in [5.41, 5.74) is 4.31. The molecule has 32 heavy (non-hydrogen) atoms. The maximum atomic E-state index is 12.9. The summed E-state index contributed by atoms with van der Waals surface area (Å²) in [5, 5.41) is 3.07. The molecule has 170 valence electrons. The van der Waals surface area contributed by atoms with Gasteiger partial charge in [-0.1, -0.05) is 37.3 Å². The number of carbonyl (C=O) groups excluding carboxylic acids is 2. The molecule has 2 saturated heterocycles. The molecule has 0 radical (unpaired) electrons. The van der Waals surface area contributed by atoms with Crippen molar-refractivity contribution in [1.82, 2.24) is 9.80 Å². The first-order valence-corrected chi connectivity index (χ1v) is 11.7. The molecule has 2 aliphatic rings. The number of likely N-dealkylation sites (tertiary alicyclic amines) is 1. The number of carbonyl (C=O) groups is 2. The van der Waals surface area contributed by atoms with Crippen LogP contribution in [0.15, 0.2) is 48.5 Å². The quantitative estimate of drug-likeness (QED) is 0.727. The van der Waals surface area contributed by atoms with E-state index in [0.717, 1.165) is 50.4 Å². The molecule has 2 fully saturated rings. The zero-order valence-electron chi connectivity index (χ0n) is 19.2. The van der Waals surface area contributed by atoms with E-state index in [1.165, 1.54) is 11.3 Å². The van der Waals surface area contributed by atoms with Gasteiger partial charge < -0.3 is 20.0 Å². The second-order valence-corrected chi connectivity index (χ2v) is 8.89. The van der Waals surface area contributed by atoms with E-state index in [4.69, 9.17) is 0 Å². The van der Waals surface area contributed by atoms with Crippen molar-refractivity contribution in [1.29, 1.82) is 0 Å². The Kier molecular flexibility index (Phi) is 7.10. The first kappa shape index (κ1) is 22.3. The van der Waals surface area contributed by atoms with Crippen molar-refractivity contribution in [2.24, 2.45) is 5.92 Å². The SMILES string of the molecule is CCN1CCN(c2ccc(NC(=O)[C@H]3CC(=O)N(CCc4ccccc4)C3)c(C)c2)CC1. The van der Waals surface area contributed by atoms with E-state index in [-0.39, 0.29) is 17.7 Å². The first-order chi connectivity index (χ1) is 15.5. The minimum absolute atomic E-state index is 0.0621. The number of hydrogen-bond donors (Lipinski definition) is 1. The fraction of sp³-hybridized carbons (Fsp3) is 0.462. The molecular formula is C26H34N4O2. The van der Waals surface area contributed by atoms with Gasteiger partial charge in [-0.15, -0.1) is 0 Å². The third-order valence-corrected chi connectivity index (χ3v) is 6.75. The van der Waals surface area contributed by atoms with Crippen LogP contribution in [-0.2, 0) is 16.0 Å². The number of nitrogens with one attached hydrogen (secondary N) is 1. The van der Waals surface area contributed by atoms with E-state index < -0.39 is 0 Å². The van der Waals surface area contributed by atoms with Crippen molar-refractivity contribution in [3.05, 3.63) is 59.7 Å². The van der Waals surface area contributed by atoms with Crippen LogP contribution >= 0.6 is 0 Å². The molecule has 0 bridgehead atoms. The Bertz CT molecular complexity index is 938. The zero-order valence-corrected chi connectivity index (χ0v) is 19.2. The average Bonchev–Trinajstić information content (AvgIpc) is 3.20. The Hall–Kier alpha value is -2.86. The number of aryl methyl sites for hydroxylation is 1. The lowest BCUT2D eigenvalue weighted by Crippen LogP contribution is -2.46. The van der Waals surface area contributed by atoms with Gasteiger partial charge in [-0.2, -0.15) is 0 Å². The molecule has 6 heteroatoms. The molecule has 1 atom stereocenters. The number of anilines is 2. The number of piperazine rings is 1. The average molecular weight is 435 g/mol. The normalized spacial score (nSPS) is 19.4. The third-order valence-electron chi connectivity index (χ3n) is 6.75. The predicted octanol–water partition coefficient (Wildman–Crippen LogP) is 3.17. The topological polar surface area (TPSA) is 55.9 Å². The maximum absolute atomic E-state index is 12.9. The summed E-state index contributed by atoms with van der Waals surface area (Å²) in [6, 6.07) is 16.4. The summed E-state index contributed by atoms with van der Waals surface area (Å²) in [6.07, 6.45) is 1.10. The molecule has 0 spiro atoms. The van der Waals surface area contributed by atoms with Crippen molar-refractivity contribution in [2.75, 3.05) is 56.0 Å². The molecular weight excluding hydrogens is 400 g/mol. The molecule has 0 aliphatic carbocycles.